The molecule has 0 unspecified atom stereocenters. The van der Waals surface area contributed by atoms with E-state index in [1.54, 1.807) is 28.9 Å². The molecule has 14 heavy (non-hydrogen) atoms. The summed E-state index contributed by atoms with van der Waals surface area (Å²) >= 11 is 0. The average molecular weight is 195 g/mol. The van der Waals surface area contributed by atoms with Crippen molar-refractivity contribution in [3.63, 3.8) is 0 Å². The average Bonchev–Trinajstić information content (AvgIpc) is 2.82. The van der Waals surface area contributed by atoms with Gasteiger partial charge in [-0.2, -0.15) is 0 Å². The fourth-order valence-electron chi connectivity index (χ4n) is 1.13. The lowest BCUT2D eigenvalue weighted by molar-refractivity contribution is -0.384. The van der Waals surface area contributed by atoms with E-state index >= 15 is 0 Å². The van der Waals surface area contributed by atoms with Gasteiger partial charge in [-0.15, -0.1) is 0 Å². The number of non-ortho nitro benzene ring substituents is 1. The van der Waals surface area contributed by atoms with Gasteiger partial charge in [-0.05, 0) is 5.56 Å². The summed E-state index contributed by atoms with van der Waals surface area (Å²) in [6, 6.07) is 6.40. The predicted molar refractivity (Wildman–Crippen MR) is 47.9 cm³/mol. The highest BCUT2D eigenvalue weighted by Gasteiger charge is 2.08. The highest BCUT2D eigenvalue weighted by atomic mass is 16.8. The first-order chi connectivity index (χ1) is 6.66. The lowest BCUT2D eigenvalue weighted by atomic mass is 10.2. The Balaban J connectivity index is 2.10. The molecule has 1 aromatic heterocycles. The van der Waals surface area contributed by atoms with E-state index in [0.717, 1.165) is 5.56 Å². The Morgan fingerprint density at radius 2 is 2.00 bits per heavy atom. The van der Waals surface area contributed by atoms with Crippen LogP contribution in [0.3, 0.4) is 0 Å². The van der Waals surface area contributed by atoms with Crippen LogP contribution in [0, 0.1) is 10.1 Å². The number of benzene rings is 1. The van der Waals surface area contributed by atoms with Gasteiger partial charge in [-0.1, -0.05) is 21.8 Å². The molecule has 74 valence electrons. The van der Waals surface area contributed by atoms with Crippen molar-refractivity contribution in [2.24, 2.45) is 7.05 Å². The first-order valence-electron chi connectivity index (χ1n) is 4.09. The molecular weight excluding hydrogens is 186 g/mol. The SMILES string of the molecule is Cn1on1Cc1ccc([N+](=O)[O-])cc1. The maximum atomic E-state index is 10.4. The number of nitro benzene ring substituents is 1. The number of aryl methyl sites for hydroxylation is 1. The van der Waals surface area contributed by atoms with Crippen molar-refractivity contribution in [2.75, 3.05) is 0 Å². The zero-order valence-corrected chi connectivity index (χ0v) is 7.58. The quantitative estimate of drug-likeness (QED) is 0.548. The molecule has 0 amide bonds. The number of aromatic nitrogens is 2. The van der Waals surface area contributed by atoms with Crippen molar-refractivity contribution < 1.29 is 9.55 Å². The molecule has 0 fully saturated rings. The van der Waals surface area contributed by atoms with Crippen molar-refractivity contribution in [2.45, 2.75) is 6.54 Å². The molecule has 0 N–H and O–H groups in total. The van der Waals surface area contributed by atoms with Gasteiger partial charge in [0.15, 0.2) is 0 Å². The molecule has 0 aliphatic carbocycles. The first kappa shape index (κ1) is 8.61. The van der Waals surface area contributed by atoms with E-state index in [0.29, 0.717) is 6.54 Å². The van der Waals surface area contributed by atoms with Crippen molar-refractivity contribution >= 4 is 5.69 Å². The minimum Gasteiger partial charge on any atom is -0.258 e. The van der Waals surface area contributed by atoms with Crippen LogP contribution in [0.4, 0.5) is 5.69 Å². The van der Waals surface area contributed by atoms with E-state index in [1.165, 1.54) is 12.1 Å². The number of nitro groups is 1. The maximum Gasteiger partial charge on any atom is 0.269 e. The minimum absolute atomic E-state index is 0.105. The Kier molecular flexibility index (Phi) is 1.88. The lowest BCUT2D eigenvalue weighted by Crippen LogP contribution is -1.94. The van der Waals surface area contributed by atoms with Crippen LogP contribution in [0.25, 0.3) is 0 Å². The van der Waals surface area contributed by atoms with E-state index in [9.17, 15) is 10.1 Å². The zero-order chi connectivity index (χ0) is 10.1. The van der Waals surface area contributed by atoms with Gasteiger partial charge in [-0.3, -0.25) is 14.7 Å². The van der Waals surface area contributed by atoms with Crippen LogP contribution in [-0.4, -0.2) is 14.6 Å². The molecule has 0 spiro atoms. The van der Waals surface area contributed by atoms with E-state index < -0.39 is 4.92 Å². The fraction of sp³-hybridized carbons (Fsp3) is 0.250. The number of nitrogens with zero attached hydrogens (tertiary/aromatic N) is 3. The summed E-state index contributed by atoms with van der Waals surface area (Å²) in [4.78, 5) is 13.2. The summed E-state index contributed by atoms with van der Waals surface area (Å²) in [5.41, 5.74) is 1.08. The topological polar surface area (TPSA) is 66.1 Å². The molecule has 0 saturated heterocycles. The Bertz CT molecular complexity index is 434. The Labute approximate surface area is 79.4 Å². The van der Waals surface area contributed by atoms with Gasteiger partial charge in [-0.25, -0.2) is 0 Å². The third-order valence-electron chi connectivity index (χ3n) is 1.97. The molecule has 2 rings (SSSR count). The van der Waals surface area contributed by atoms with Crippen molar-refractivity contribution in [1.29, 1.82) is 0 Å². The van der Waals surface area contributed by atoms with Gasteiger partial charge < -0.3 is 0 Å². The Morgan fingerprint density at radius 3 is 2.43 bits per heavy atom. The van der Waals surface area contributed by atoms with Crippen molar-refractivity contribution in [1.82, 2.24) is 9.71 Å². The van der Waals surface area contributed by atoms with E-state index in [4.69, 9.17) is 4.63 Å². The fourth-order valence-corrected chi connectivity index (χ4v) is 1.13. The van der Waals surface area contributed by atoms with Crippen LogP contribution < -0.4 is 0 Å². The largest absolute Gasteiger partial charge is 0.269 e. The number of hydrogen-bond acceptors (Lipinski definition) is 3. The molecule has 2 aromatic rings. The van der Waals surface area contributed by atoms with Crippen molar-refractivity contribution in [3.05, 3.63) is 39.9 Å². The summed E-state index contributed by atoms with van der Waals surface area (Å²) < 4.78 is 4.93. The molecule has 0 aliphatic heterocycles. The molecule has 6 heteroatoms. The van der Waals surface area contributed by atoms with Crippen molar-refractivity contribution in [3.8, 4) is 0 Å². The minimum atomic E-state index is -0.413. The molecule has 1 aromatic carbocycles. The zero-order valence-electron chi connectivity index (χ0n) is 7.58. The van der Waals surface area contributed by atoms with Gasteiger partial charge in [0.05, 0.1) is 12.0 Å². The van der Waals surface area contributed by atoms with Gasteiger partial charge >= 0.3 is 0 Å². The van der Waals surface area contributed by atoms with Crippen LogP contribution in [0.15, 0.2) is 28.9 Å². The molecule has 0 atom stereocenters. The predicted octanol–water partition coefficient (Wildman–Crippen LogP) is 1.38. The first-order valence-corrected chi connectivity index (χ1v) is 4.09. The third-order valence-corrected chi connectivity index (χ3v) is 1.97. The molecule has 0 saturated carbocycles. The Hall–Kier alpha value is -1.98. The summed E-state index contributed by atoms with van der Waals surface area (Å²) in [6.07, 6.45) is 0. The number of rotatable bonds is 3. The summed E-state index contributed by atoms with van der Waals surface area (Å²) in [5.74, 6) is 0. The van der Waals surface area contributed by atoms with Crippen LogP contribution in [-0.2, 0) is 13.6 Å². The summed E-state index contributed by atoms with van der Waals surface area (Å²) in [7, 11) is 1.78. The van der Waals surface area contributed by atoms with Crippen LogP contribution >= 0.6 is 0 Å². The summed E-state index contributed by atoms with van der Waals surface area (Å²) in [5, 5.41) is 10.4. The lowest BCUT2D eigenvalue weighted by Gasteiger charge is -1.94. The van der Waals surface area contributed by atoms with Gasteiger partial charge in [0.2, 0.25) is 0 Å². The van der Waals surface area contributed by atoms with Crippen LogP contribution in [0.2, 0.25) is 0 Å². The molecule has 0 aliphatic rings. The molecule has 0 radical (unpaired) electrons. The van der Waals surface area contributed by atoms with E-state index in [2.05, 4.69) is 0 Å². The standard InChI is InChI=1S/C8H9N3O3/c1-9-10(14-9)6-7-2-4-8(5-3-7)11(12)13/h2-5H,6H2,1H3. The molecule has 6 nitrogen and oxygen atoms in total. The van der Waals surface area contributed by atoms with E-state index in [1.807, 2.05) is 0 Å². The summed E-state index contributed by atoms with van der Waals surface area (Å²) in [6.45, 7) is 0.606. The normalized spacial score (nSPS) is 10.6. The number of hydrogen-bond donors (Lipinski definition) is 0. The van der Waals surface area contributed by atoms with Gasteiger partial charge in [0, 0.05) is 12.1 Å². The second-order valence-electron chi connectivity index (χ2n) is 2.98. The third kappa shape index (κ3) is 1.68. The second kappa shape index (κ2) is 3.06. The highest BCUT2D eigenvalue weighted by Crippen LogP contribution is 2.13. The molecular formula is C8H9N3O3. The monoisotopic (exact) mass is 195 g/mol. The second-order valence-corrected chi connectivity index (χ2v) is 2.98. The Morgan fingerprint density at radius 1 is 1.43 bits per heavy atom. The smallest absolute Gasteiger partial charge is 0.258 e. The van der Waals surface area contributed by atoms with E-state index in [-0.39, 0.29) is 5.69 Å². The maximum absolute atomic E-state index is 10.4. The molecule has 0 bridgehead atoms. The molecule has 1 heterocycles. The van der Waals surface area contributed by atoms with Gasteiger partial charge in [0.25, 0.3) is 5.69 Å². The highest BCUT2D eigenvalue weighted by molar-refractivity contribution is 5.32. The van der Waals surface area contributed by atoms with Gasteiger partial charge in [0.1, 0.15) is 6.54 Å². The van der Waals surface area contributed by atoms with Crippen LogP contribution in [0.1, 0.15) is 5.56 Å². The van der Waals surface area contributed by atoms with Crippen LogP contribution in [0.5, 0.6) is 0 Å².